The Morgan fingerprint density at radius 2 is 1.49 bits per heavy atom. The molecule has 0 aromatic heterocycles. The molecule has 14 nitrogen and oxygen atoms in total. The SMILES string of the molecule is Cc1cccc(C(=O)NCCCCC(NC(=O)NC(CCC(=O)Nc2ccc(S(N)(=O)=O)cc2)C(=O)O)C(=O)O)c1. The molecule has 2 aromatic carbocycles. The van der Waals surface area contributed by atoms with Gasteiger partial charge in [-0.1, -0.05) is 17.7 Å². The average molecular weight is 592 g/mol. The maximum Gasteiger partial charge on any atom is 0.326 e. The summed E-state index contributed by atoms with van der Waals surface area (Å²) in [6.07, 6.45) is 0.217. The molecular weight excluding hydrogens is 558 g/mol. The highest BCUT2D eigenvalue weighted by molar-refractivity contribution is 7.89. The molecule has 0 heterocycles. The minimum absolute atomic E-state index is 0.0352. The van der Waals surface area contributed by atoms with E-state index in [1.165, 1.54) is 24.3 Å². The first-order valence-electron chi connectivity index (χ1n) is 12.6. The molecule has 0 saturated carbocycles. The summed E-state index contributed by atoms with van der Waals surface area (Å²) in [5.41, 5.74) is 1.70. The van der Waals surface area contributed by atoms with Crippen molar-refractivity contribution >= 4 is 45.5 Å². The van der Waals surface area contributed by atoms with E-state index in [2.05, 4.69) is 21.3 Å². The standard InChI is InChI=1S/C26H33N5O9S/c1-16-5-4-6-17(15-16)23(33)28-14-3-2-7-20(24(34)35)30-26(38)31-21(25(36)37)12-13-22(32)29-18-8-10-19(11-9-18)41(27,39)40/h4-6,8-11,15,20-21H,2-3,7,12-14H2,1H3,(H,28,33)(H,29,32)(H,34,35)(H,36,37)(H2,27,39,40)(H2,30,31,38). The van der Waals surface area contributed by atoms with Crippen LogP contribution in [-0.4, -0.2) is 67.0 Å². The van der Waals surface area contributed by atoms with Crippen molar-refractivity contribution in [1.82, 2.24) is 16.0 Å². The number of carbonyl (C=O) groups excluding carboxylic acids is 3. The van der Waals surface area contributed by atoms with Crippen LogP contribution in [0.25, 0.3) is 0 Å². The monoisotopic (exact) mass is 591 g/mol. The zero-order chi connectivity index (χ0) is 30.6. The number of nitrogens with one attached hydrogen (secondary N) is 4. The van der Waals surface area contributed by atoms with Gasteiger partial charge in [0, 0.05) is 24.2 Å². The van der Waals surface area contributed by atoms with Crippen molar-refractivity contribution in [3.05, 3.63) is 59.7 Å². The number of carboxylic acids is 2. The second-order valence-electron chi connectivity index (χ2n) is 9.18. The molecule has 0 radical (unpaired) electrons. The second-order valence-corrected chi connectivity index (χ2v) is 10.7. The van der Waals surface area contributed by atoms with E-state index in [1.54, 1.807) is 18.2 Å². The lowest BCUT2D eigenvalue weighted by Crippen LogP contribution is -2.51. The molecular formula is C26H33N5O9S. The van der Waals surface area contributed by atoms with E-state index in [0.717, 1.165) is 5.56 Å². The minimum atomic E-state index is -3.90. The van der Waals surface area contributed by atoms with Gasteiger partial charge in [0.05, 0.1) is 4.90 Å². The number of rotatable bonds is 15. The first-order chi connectivity index (χ1) is 19.3. The van der Waals surface area contributed by atoms with Gasteiger partial charge >= 0.3 is 18.0 Å². The summed E-state index contributed by atoms with van der Waals surface area (Å²) < 4.78 is 22.6. The van der Waals surface area contributed by atoms with E-state index in [9.17, 15) is 42.6 Å². The predicted octanol–water partition coefficient (Wildman–Crippen LogP) is 1.17. The van der Waals surface area contributed by atoms with Gasteiger partial charge in [-0.25, -0.2) is 27.9 Å². The molecule has 0 bridgehead atoms. The van der Waals surface area contributed by atoms with Crippen molar-refractivity contribution in [3.8, 4) is 0 Å². The first kappa shape index (κ1) is 32.7. The fraction of sp³-hybridized carbons (Fsp3) is 0.346. The lowest BCUT2D eigenvalue weighted by molar-refractivity contribution is -0.139. The Kier molecular flexibility index (Phi) is 12.2. The lowest BCUT2D eigenvalue weighted by Gasteiger charge is -2.18. The van der Waals surface area contributed by atoms with Crippen molar-refractivity contribution in [2.24, 2.45) is 5.14 Å². The van der Waals surface area contributed by atoms with Crippen LogP contribution in [0.1, 0.15) is 48.0 Å². The Bertz CT molecular complexity index is 1360. The molecule has 0 saturated heterocycles. The summed E-state index contributed by atoms with van der Waals surface area (Å²) in [4.78, 5) is 59.7. The zero-order valence-electron chi connectivity index (χ0n) is 22.3. The van der Waals surface area contributed by atoms with Gasteiger partial charge in [0.2, 0.25) is 15.9 Å². The largest absolute Gasteiger partial charge is 0.480 e. The van der Waals surface area contributed by atoms with Crippen LogP contribution in [0.2, 0.25) is 0 Å². The number of sulfonamides is 1. The van der Waals surface area contributed by atoms with Gasteiger partial charge in [-0.3, -0.25) is 9.59 Å². The molecule has 4 amide bonds. The topological polar surface area (TPSA) is 234 Å². The predicted molar refractivity (Wildman–Crippen MR) is 148 cm³/mol. The maximum absolute atomic E-state index is 12.3. The van der Waals surface area contributed by atoms with Gasteiger partial charge in [-0.15, -0.1) is 0 Å². The molecule has 0 aliphatic heterocycles. The minimum Gasteiger partial charge on any atom is -0.480 e. The third-order valence-electron chi connectivity index (χ3n) is 5.82. The molecule has 2 unspecified atom stereocenters. The number of benzene rings is 2. The van der Waals surface area contributed by atoms with Crippen molar-refractivity contribution in [2.45, 2.75) is 56.0 Å². The Morgan fingerprint density at radius 3 is 2.05 bits per heavy atom. The number of carbonyl (C=O) groups is 5. The molecule has 0 aliphatic rings. The van der Waals surface area contributed by atoms with Crippen molar-refractivity contribution in [2.75, 3.05) is 11.9 Å². The summed E-state index contributed by atoms with van der Waals surface area (Å²) in [6.45, 7) is 2.16. The number of aryl methyl sites for hydroxylation is 1. The summed E-state index contributed by atoms with van der Waals surface area (Å²) in [6, 6.07) is 8.23. The van der Waals surface area contributed by atoms with Crippen molar-refractivity contribution < 1.29 is 42.6 Å². The molecule has 222 valence electrons. The second kappa shape index (κ2) is 15.3. The highest BCUT2D eigenvalue weighted by Gasteiger charge is 2.25. The van der Waals surface area contributed by atoms with Crippen LogP contribution >= 0.6 is 0 Å². The number of aliphatic carboxylic acids is 2. The van der Waals surface area contributed by atoms with E-state index in [-0.39, 0.29) is 35.8 Å². The summed E-state index contributed by atoms with van der Waals surface area (Å²) in [5.74, 6) is -3.60. The summed E-state index contributed by atoms with van der Waals surface area (Å²) in [5, 5.41) is 33.5. The maximum atomic E-state index is 12.3. The molecule has 0 spiro atoms. The Balaban J connectivity index is 1.78. The lowest BCUT2D eigenvalue weighted by atomic mass is 10.1. The number of carboxylic acid groups (broad SMARTS) is 2. The Morgan fingerprint density at radius 1 is 0.878 bits per heavy atom. The smallest absolute Gasteiger partial charge is 0.326 e. The van der Waals surface area contributed by atoms with E-state index in [1.807, 2.05) is 13.0 Å². The number of urea groups is 1. The van der Waals surface area contributed by atoms with Crippen LogP contribution in [0, 0.1) is 6.92 Å². The van der Waals surface area contributed by atoms with Crippen molar-refractivity contribution in [1.29, 1.82) is 0 Å². The van der Waals surface area contributed by atoms with Crippen LogP contribution in [0.15, 0.2) is 53.4 Å². The number of unbranched alkanes of at least 4 members (excludes halogenated alkanes) is 1. The number of amides is 4. The van der Waals surface area contributed by atoms with Crippen LogP contribution in [0.4, 0.5) is 10.5 Å². The third kappa shape index (κ3) is 11.6. The van der Waals surface area contributed by atoms with Gasteiger partial charge in [0.15, 0.2) is 0 Å². The van der Waals surface area contributed by atoms with Crippen LogP contribution in [0.3, 0.4) is 0 Å². The third-order valence-corrected chi connectivity index (χ3v) is 6.75. The first-order valence-corrected chi connectivity index (χ1v) is 14.1. The molecule has 2 atom stereocenters. The zero-order valence-corrected chi connectivity index (χ0v) is 23.1. The van der Waals surface area contributed by atoms with Crippen LogP contribution < -0.4 is 26.4 Å². The quantitative estimate of drug-likeness (QED) is 0.147. The Labute approximate surface area is 236 Å². The van der Waals surface area contributed by atoms with Gasteiger partial charge in [0.1, 0.15) is 12.1 Å². The van der Waals surface area contributed by atoms with Crippen LogP contribution in [-0.2, 0) is 24.4 Å². The number of nitrogens with two attached hydrogens (primary N) is 1. The molecule has 15 heteroatoms. The van der Waals surface area contributed by atoms with Gasteiger partial charge in [-0.2, -0.15) is 0 Å². The molecule has 0 fully saturated rings. The van der Waals surface area contributed by atoms with Crippen molar-refractivity contribution in [3.63, 3.8) is 0 Å². The number of hydrogen-bond acceptors (Lipinski definition) is 7. The average Bonchev–Trinajstić information content (AvgIpc) is 2.89. The fourth-order valence-electron chi connectivity index (χ4n) is 3.66. The summed E-state index contributed by atoms with van der Waals surface area (Å²) >= 11 is 0. The molecule has 2 rings (SSSR count). The van der Waals surface area contributed by atoms with Gasteiger partial charge in [-0.05, 0) is 69.0 Å². The van der Waals surface area contributed by atoms with E-state index >= 15 is 0 Å². The summed E-state index contributed by atoms with van der Waals surface area (Å²) in [7, 11) is -3.90. The van der Waals surface area contributed by atoms with Crippen LogP contribution in [0.5, 0.6) is 0 Å². The van der Waals surface area contributed by atoms with E-state index in [0.29, 0.717) is 24.9 Å². The molecule has 2 aromatic rings. The Hall–Kier alpha value is -4.50. The van der Waals surface area contributed by atoms with E-state index < -0.39 is 46.0 Å². The fourth-order valence-corrected chi connectivity index (χ4v) is 4.18. The highest BCUT2D eigenvalue weighted by Crippen LogP contribution is 2.13. The van der Waals surface area contributed by atoms with Gasteiger partial charge < -0.3 is 31.5 Å². The highest BCUT2D eigenvalue weighted by atomic mass is 32.2. The van der Waals surface area contributed by atoms with Gasteiger partial charge in [0.25, 0.3) is 5.91 Å². The molecule has 8 N–H and O–H groups in total. The molecule has 0 aliphatic carbocycles. The van der Waals surface area contributed by atoms with E-state index in [4.69, 9.17) is 5.14 Å². The number of primary sulfonamides is 1. The number of hydrogen-bond donors (Lipinski definition) is 7. The number of anilines is 1. The molecule has 41 heavy (non-hydrogen) atoms. The normalized spacial score (nSPS) is 12.4.